The second-order valence-corrected chi connectivity index (χ2v) is 4.36. The highest BCUT2D eigenvalue weighted by Crippen LogP contribution is 2.36. The van der Waals surface area contributed by atoms with Crippen molar-refractivity contribution in [3.05, 3.63) is 0 Å². The van der Waals surface area contributed by atoms with Crippen LogP contribution in [0.4, 0.5) is 0 Å². The molecule has 1 aliphatic heterocycles. The Morgan fingerprint density at radius 2 is 2.14 bits per heavy atom. The minimum atomic E-state index is 0.0747. The lowest BCUT2D eigenvalue weighted by atomic mass is 9.81. The second-order valence-electron chi connectivity index (χ2n) is 4.36. The lowest BCUT2D eigenvalue weighted by Gasteiger charge is -2.39. The van der Waals surface area contributed by atoms with Gasteiger partial charge < -0.3 is 0 Å². The van der Waals surface area contributed by atoms with Crippen LogP contribution in [0.15, 0.2) is 4.99 Å². The zero-order valence-electron chi connectivity index (χ0n) is 8.83. The van der Waals surface area contributed by atoms with Crippen LogP contribution >= 0.6 is 0 Å². The van der Waals surface area contributed by atoms with Crippen molar-refractivity contribution in [1.29, 1.82) is 0 Å². The smallest absolute Gasteiger partial charge is 0.227 e. The number of hydrogen-bond donors (Lipinski definition) is 0. The van der Waals surface area contributed by atoms with Crippen LogP contribution in [0.1, 0.15) is 45.4 Å². The number of rotatable bonds is 1. The first-order chi connectivity index (χ1) is 6.78. The summed E-state index contributed by atoms with van der Waals surface area (Å²) >= 11 is 0. The Bertz CT molecular complexity index is 254. The summed E-state index contributed by atoms with van der Waals surface area (Å²) in [6.45, 7) is 2.75. The molecular weight excluding hydrogens is 176 g/mol. The molecule has 0 saturated heterocycles. The van der Waals surface area contributed by atoms with Crippen molar-refractivity contribution in [1.82, 2.24) is 4.90 Å². The van der Waals surface area contributed by atoms with Gasteiger partial charge in [-0.2, -0.15) is 0 Å². The van der Waals surface area contributed by atoms with E-state index in [-0.39, 0.29) is 11.4 Å². The molecule has 0 aromatic heterocycles. The average Bonchev–Trinajstić information content (AvgIpc) is 2.62. The first-order valence-electron chi connectivity index (χ1n) is 5.61. The topological polar surface area (TPSA) is 32.7 Å². The van der Waals surface area contributed by atoms with Gasteiger partial charge in [0, 0.05) is 6.42 Å². The van der Waals surface area contributed by atoms with E-state index >= 15 is 0 Å². The van der Waals surface area contributed by atoms with E-state index in [2.05, 4.69) is 4.99 Å². The third-order valence-electron chi connectivity index (χ3n) is 3.45. The summed E-state index contributed by atoms with van der Waals surface area (Å²) in [6.07, 6.45) is 8.44. The molecule has 1 aliphatic carbocycles. The Labute approximate surface area is 85.2 Å². The average molecular weight is 194 g/mol. The molecule has 14 heavy (non-hydrogen) atoms. The number of nitrogens with zero attached hydrogens (tertiary/aromatic N) is 2. The molecule has 1 saturated carbocycles. The van der Waals surface area contributed by atoms with Gasteiger partial charge in [0.25, 0.3) is 0 Å². The molecule has 1 heterocycles. The van der Waals surface area contributed by atoms with Crippen molar-refractivity contribution in [2.75, 3.05) is 6.54 Å². The fraction of sp³-hybridized carbons (Fsp3) is 0.818. The quantitative estimate of drug-likeness (QED) is 0.628. The van der Waals surface area contributed by atoms with Gasteiger partial charge in [-0.1, -0.05) is 26.2 Å². The van der Waals surface area contributed by atoms with Crippen LogP contribution in [0.5, 0.6) is 0 Å². The minimum absolute atomic E-state index is 0.0747. The van der Waals surface area contributed by atoms with Gasteiger partial charge in [0.15, 0.2) is 0 Å². The molecule has 0 atom stereocenters. The summed E-state index contributed by atoms with van der Waals surface area (Å²) in [5, 5.41) is 0. The summed E-state index contributed by atoms with van der Waals surface area (Å²) < 4.78 is 0. The lowest BCUT2D eigenvalue weighted by Crippen LogP contribution is -2.50. The van der Waals surface area contributed by atoms with Crippen LogP contribution in [0.2, 0.25) is 0 Å². The first-order valence-corrected chi connectivity index (χ1v) is 5.61. The highest BCUT2D eigenvalue weighted by Gasteiger charge is 2.41. The molecule has 0 unspecified atom stereocenters. The van der Waals surface area contributed by atoms with Crippen LogP contribution in [-0.4, -0.2) is 29.2 Å². The molecule has 0 radical (unpaired) electrons. The van der Waals surface area contributed by atoms with Crippen LogP contribution in [0.25, 0.3) is 0 Å². The van der Waals surface area contributed by atoms with Gasteiger partial charge in [-0.15, -0.1) is 0 Å². The molecule has 0 bridgehead atoms. The molecular formula is C11H18N2O. The molecule has 0 N–H and O–H groups in total. The molecule has 3 nitrogen and oxygen atoms in total. The summed E-state index contributed by atoms with van der Waals surface area (Å²) in [4.78, 5) is 17.9. The summed E-state index contributed by atoms with van der Waals surface area (Å²) in [5.74, 6) is 0.230. The van der Waals surface area contributed by atoms with E-state index in [0.29, 0.717) is 6.42 Å². The number of amides is 1. The van der Waals surface area contributed by atoms with E-state index < -0.39 is 0 Å². The van der Waals surface area contributed by atoms with Crippen molar-refractivity contribution < 1.29 is 4.79 Å². The molecule has 3 heteroatoms. The van der Waals surface area contributed by atoms with Gasteiger partial charge >= 0.3 is 0 Å². The largest absolute Gasteiger partial charge is 0.295 e. The van der Waals surface area contributed by atoms with Crippen molar-refractivity contribution in [2.45, 2.75) is 51.0 Å². The van der Waals surface area contributed by atoms with Crippen LogP contribution in [0.3, 0.4) is 0 Å². The maximum Gasteiger partial charge on any atom is 0.227 e. The highest BCUT2D eigenvalue weighted by atomic mass is 16.2. The summed E-state index contributed by atoms with van der Waals surface area (Å²) in [7, 11) is 0. The molecule has 1 fully saturated rings. The van der Waals surface area contributed by atoms with E-state index in [1.807, 2.05) is 11.8 Å². The normalized spacial score (nSPS) is 24.5. The Morgan fingerprint density at radius 3 is 2.79 bits per heavy atom. The van der Waals surface area contributed by atoms with Gasteiger partial charge in [0.05, 0.1) is 18.4 Å². The van der Waals surface area contributed by atoms with Crippen molar-refractivity contribution in [3.63, 3.8) is 0 Å². The maximum absolute atomic E-state index is 11.7. The second kappa shape index (κ2) is 3.71. The monoisotopic (exact) mass is 194 g/mol. The van der Waals surface area contributed by atoms with Crippen molar-refractivity contribution in [3.8, 4) is 0 Å². The zero-order valence-corrected chi connectivity index (χ0v) is 8.83. The molecule has 1 spiro atoms. The number of aliphatic imine (C=N–C) groups is 1. The zero-order chi connectivity index (χ0) is 10.0. The lowest BCUT2D eigenvalue weighted by molar-refractivity contribution is -0.131. The highest BCUT2D eigenvalue weighted by molar-refractivity contribution is 5.89. The van der Waals surface area contributed by atoms with Gasteiger partial charge in [-0.05, 0) is 12.8 Å². The van der Waals surface area contributed by atoms with Crippen molar-refractivity contribution in [2.24, 2.45) is 4.99 Å². The number of carbonyl (C=O) groups is 1. The van der Waals surface area contributed by atoms with Gasteiger partial charge in [-0.25, -0.2) is 0 Å². The standard InChI is InChI=1S/C11H18N2O/c1-2-10(14)13-9-12-8-11(13)6-4-3-5-7-11/h9H,2-8H2,1H3. The Morgan fingerprint density at radius 1 is 1.43 bits per heavy atom. The number of carbonyl (C=O) groups excluding carboxylic acids is 1. The van der Waals surface area contributed by atoms with Crippen molar-refractivity contribution >= 4 is 12.2 Å². The molecule has 2 rings (SSSR count). The third-order valence-corrected chi connectivity index (χ3v) is 3.45. The molecule has 2 aliphatic rings. The predicted molar refractivity (Wildman–Crippen MR) is 56.3 cm³/mol. The first kappa shape index (κ1) is 9.69. The molecule has 0 aromatic rings. The van der Waals surface area contributed by atoms with Crippen LogP contribution in [-0.2, 0) is 4.79 Å². The molecule has 78 valence electrons. The van der Waals surface area contributed by atoms with E-state index in [4.69, 9.17) is 0 Å². The SMILES string of the molecule is CCC(=O)N1C=NCC12CCCCC2. The third kappa shape index (κ3) is 1.45. The fourth-order valence-corrected chi connectivity index (χ4v) is 2.60. The van der Waals surface area contributed by atoms with Gasteiger partial charge in [-0.3, -0.25) is 14.7 Å². The molecule has 0 aromatic carbocycles. The van der Waals surface area contributed by atoms with E-state index in [0.717, 1.165) is 19.4 Å². The minimum Gasteiger partial charge on any atom is -0.295 e. The fourth-order valence-electron chi connectivity index (χ4n) is 2.60. The van der Waals surface area contributed by atoms with Crippen LogP contribution < -0.4 is 0 Å². The van der Waals surface area contributed by atoms with Gasteiger partial charge in [0.1, 0.15) is 0 Å². The van der Waals surface area contributed by atoms with E-state index in [1.54, 1.807) is 6.34 Å². The maximum atomic E-state index is 11.7. The summed E-state index contributed by atoms with van der Waals surface area (Å²) in [5.41, 5.74) is 0.0747. The predicted octanol–water partition coefficient (Wildman–Crippen LogP) is 1.97. The molecule has 1 amide bonds. The van der Waals surface area contributed by atoms with Crippen LogP contribution in [0, 0.1) is 0 Å². The Hall–Kier alpha value is -0.860. The van der Waals surface area contributed by atoms with Gasteiger partial charge in [0.2, 0.25) is 5.91 Å². The Kier molecular flexibility index (Phi) is 2.57. The summed E-state index contributed by atoms with van der Waals surface area (Å²) in [6, 6.07) is 0. The van der Waals surface area contributed by atoms with E-state index in [9.17, 15) is 4.79 Å². The Balaban J connectivity index is 2.14. The van der Waals surface area contributed by atoms with E-state index in [1.165, 1.54) is 19.3 Å². The number of hydrogen-bond acceptors (Lipinski definition) is 2.